The summed E-state index contributed by atoms with van der Waals surface area (Å²) < 4.78 is 33.0. The standard InChI is InChI=1S/C22H26N2O3S/c25-28(26,19-4-2-1-3-5-19)24-11-8-17-14-16(6-7-22(17)24)20-15-21(20)23-18-9-12-27-13-10-18/h1-7,14,18,20-21,23H,8-13,15H2/t20-,21+/m0/s1. The molecule has 5 rings (SSSR count). The summed E-state index contributed by atoms with van der Waals surface area (Å²) >= 11 is 0. The summed E-state index contributed by atoms with van der Waals surface area (Å²) in [6.45, 7) is 2.24. The van der Waals surface area contributed by atoms with Crippen molar-refractivity contribution >= 4 is 15.7 Å². The Morgan fingerprint density at radius 2 is 1.82 bits per heavy atom. The van der Waals surface area contributed by atoms with Crippen LogP contribution in [0, 0.1) is 0 Å². The lowest BCUT2D eigenvalue weighted by molar-refractivity contribution is 0.0774. The zero-order valence-electron chi connectivity index (χ0n) is 15.9. The molecule has 2 fully saturated rings. The first-order valence-corrected chi connectivity index (χ1v) is 11.6. The van der Waals surface area contributed by atoms with Crippen LogP contribution in [0.1, 0.15) is 36.3 Å². The van der Waals surface area contributed by atoms with Crippen LogP contribution in [0.5, 0.6) is 0 Å². The largest absolute Gasteiger partial charge is 0.381 e. The van der Waals surface area contributed by atoms with Crippen molar-refractivity contribution in [2.24, 2.45) is 0 Å². The SMILES string of the molecule is O=S(=O)(c1ccccc1)N1CCc2cc([C@@H]3C[C@H]3NC3CCOCC3)ccc21. The van der Waals surface area contributed by atoms with Crippen LogP contribution in [0.25, 0.3) is 0 Å². The molecule has 28 heavy (non-hydrogen) atoms. The molecule has 2 aromatic carbocycles. The minimum atomic E-state index is -3.49. The van der Waals surface area contributed by atoms with Crippen molar-refractivity contribution in [3.05, 3.63) is 59.7 Å². The second-order valence-corrected chi connectivity index (χ2v) is 9.89. The zero-order valence-corrected chi connectivity index (χ0v) is 16.7. The van der Waals surface area contributed by atoms with E-state index < -0.39 is 10.0 Å². The summed E-state index contributed by atoms with van der Waals surface area (Å²) in [5, 5.41) is 3.78. The highest BCUT2D eigenvalue weighted by Crippen LogP contribution is 2.44. The molecule has 1 N–H and O–H groups in total. The van der Waals surface area contributed by atoms with Crippen molar-refractivity contribution < 1.29 is 13.2 Å². The lowest BCUT2D eigenvalue weighted by Gasteiger charge is -2.23. The van der Waals surface area contributed by atoms with Gasteiger partial charge in [-0.1, -0.05) is 30.3 Å². The van der Waals surface area contributed by atoms with Crippen LogP contribution < -0.4 is 9.62 Å². The van der Waals surface area contributed by atoms with E-state index in [0.717, 1.165) is 43.7 Å². The molecule has 1 aliphatic carbocycles. The van der Waals surface area contributed by atoms with Gasteiger partial charge in [-0.05, 0) is 55.0 Å². The number of anilines is 1. The number of fused-ring (bicyclic) bond motifs is 1. The van der Waals surface area contributed by atoms with Crippen LogP contribution >= 0.6 is 0 Å². The van der Waals surface area contributed by atoms with Gasteiger partial charge in [0.05, 0.1) is 10.6 Å². The fraction of sp³-hybridized carbons (Fsp3) is 0.455. The molecule has 148 valence electrons. The highest BCUT2D eigenvalue weighted by atomic mass is 32.2. The van der Waals surface area contributed by atoms with Crippen molar-refractivity contribution in [2.45, 2.75) is 48.6 Å². The minimum absolute atomic E-state index is 0.356. The Morgan fingerprint density at radius 3 is 2.61 bits per heavy atom. The molecule has 6 heteroatoms. The second-order valence-electron chi connectivity index (χ2n) is 8.03. The molecular weight excluding hydrogens is 372 g/mol. The molecule has 2 atom stereocenters. The predicted molar refractivity (Wildman–Crippen MR) is 109 cm³/mol. The van der Waals surface area contributed by atoms with E-state index in [2.05, 4.69) is 17.4 Å². The maximum absolute atomic E-state index is 13.0. The Hall–Kier alpha value is -1.89. The molecule has 5 nitrogen and oxygen atoms in total. The first-order valence-electron chi connectivity index (χ1n) is 10.2. The van der Waals surface area contributed by atoms with Crippen molar-refractivity contribution in [2.75, 3.05) is 24.1 Å². The molecule has 1 saturated heterocycles. The van der Waals surface area contributed by atoms with E-state index in [1.54, 1.807) is 28.6 Å². The predicted octanol–water partition coefficient (Wildman–Crippen LogP) is 3.06. The second kappa shape index (κ2) is 7.17. The maximum atomic E-state index is 13.0. The molecular formula is C22H26N2O3S. The summed E-state index contributed by atoms with van der Waals surface area (Å²) in [4.78, 5) is 0.356. The van der Waals surface area contributed by atoms with Gasteiger partial charge in [0.1, 0.15) is 0 Å². The van der Waals surface area contributed by atoms with Crippen molar-refractivity contribution in [1.29, 1.82) is 0 Å². The van der Waals surface area contributed by atoms with E-state index in [1.165, 1.54) is 12.0 Å². The van der Waals surface area contributed by atoms with Gasteiger partial charge in [0, 0.05) is 37.8 Å². The monoisotopic (exact) mass is 398 g/mol. The van der Waals surface area contributed by atoms with E-state index in [4.69, 9.17) is 4.74 Å². The maximum Gasteiger partial charge on any atom is 0.264 e. The van der Waals surface area contributed by atoms with Crippen LogP contribution in [-0.4, -0.2) is 40.3 Å². The molecule has 0 bridgehead atoms. The third-order valence-electron chi connectivity index (χ3n) is 6.18. The quantitative estimate of drug-likeness (QED) is 0.841. The first-order chi connectivity index (χ1) is 13.6. The third kappa shape index (κ3) is 3.34. The Labute approximate surface area is 166 Å². The van der Waals surface area contributed by atoms with Gasteiger partial charge in [-0.15, -0.1) is 0 Å². The van der Waals surface area contributed by atoms with Crippen LogP contribution in [0.2, 0.25) is 0 Å². The number of nitrogens with zero attached hydrogens (tertiary/aromatic N) is 1. The molecule has 2 heterocycles. The highest BCUT2D eigenvalue weighted by molar-refractivity contribution is 7.92. The van der Waals surface area contributed by atoms with Gasteiger partial charge < -0.3 is 10.1 Å². The molecule has 0 amide bonds. The average molecular weight is 399 g/mol. The number of hydrogen-bond donors (Lipinski definition) is 1. The van der Waals surface area contributed by atoms with Crippen molar-refractivity contribution in [1.82, 2.24) is 5.32 Å². The zero-order chi connectivity index (χ0) is 19.1. The number of rotatable bonds is 5. The van der Waals surface area contributed by atoms with E-state index in [-0.39, 0.29) is 0 Å². The minimum Gasteiger partial charge on any atom is -0.381 e. The normalized spacial score (nSPS) is 24.9. The molecule has 0 unspecified atom stereocenters. The van der Waals surface area contributed by atoms with E-state index in [9.17, 15) is 8.42 Å². The van der Waals surface area contributed by atoms with Gasteiger partial charge in [0.2, 0.25) is 0 Å². The summed E-state index contributed by atoms with van der Waals surface area (Å²) in [5.74, 6) is 0.549. The lowest BCUT2D eigenvalue weighted by Crippen LogP contribution is -2.36. The Bertz CT molecular complexity index is 955. The van der Waals surface area contributed by atoms with Crippen molar-refractivity contribution in [3.8, 4) is 0 Å². The topological polar surface area (TPSA) is 58.6 Å². The van der Waals surface area contributed by atoms with E-state index in [0.29, 0.717) is 29.4 Å². The van der Waals surface area contributed by atoms with Crippen LogP contribution in [0.3, 0.4) is 0 Å². The van der Waals surface area contributed by atoms with Crippen LogP contribution in [0.15, 0.2) is 53.4 Å². The number of ether oxygens (including phenoxy) is 1. The summed E-state index contributed by atoms with van der Waals surface area (Å²) in [6.07, 6.45) is 4.14. The van der Waals surface area contributed by atoms with Crippen LogP contribution in [0.4, 0.5) is 5.69 Å². The number of nitrogens with one attached hydrogen (secondary N) is 1. The highest BCUT2D eigenvalue weighted by Gasteiger charge is 2.40. The summed E-state index contributed by atoms with van der Waals surface area (Å²) in [7, 11) is -3.49. The van der Waals surface area contributed by atoms with E-state index in [1.807, 2.05) is 12.1 Å². The summed E-state index contributed by atoms with van der Waals surface area (Å²) in [5.41, 5.74) is 3.32. The van der Waals surface area contributed by atoms with Gasteiger partial charge in [-0.25, -0.2) is 8.42 Å². The molecule has 1 saturated carbocycles. The fourth-order valence-corrected chi connectivity index (χ4v) is 6.03. The van der Waals surface area contributed by atoms with Gasteiger partial charge in [0.25, 0.3) is 10.0 Å². The Kier molecular flexibility index (Phi) is 4.65. The molecule has 0 aromatic heterocycles. The molecule has 2 aromatic rings. The average Bonchev–Trinajstić information content (AvgIpc) is 3.35. The molecule has 0 radical (unpaired) electrons. The lowest BCUT2D eigenvalue weighted by atomic mass is 10.0. The molecule has 3 aliphatic rings. The Morgan fingerprint density at radius 1 is 1.04 bits per heavy atom. The Balaban J connectivity index is 1.31. The number of sulfonamides is 1. The van der Waals surface area contributed by atoms with Crippen LogP contribution in [-0.2, 0) is 21.2 Å². The third-order valence-corrected chi connectivity index (χ3v) is 8.00. The fourth-order valence-electron chi connectivity index (χ4n) is 4.51. The van der Waals surface area contributed by atoms with Gasteiger partial charge in [0.15, 0.2) is 0 Å². The number of hydrogen-bond acceptors (Lipinski definition) is 4. The molecule has 2 aliphatic heterocycles. The first kappa shape index (κ1) is 18.2. The number of benzene rings is 2. The van der Waals surface area contributed by atoms with Crippen molar-refractivity contribution in [3.63, 3.8) is 0 Å². The summed E-state index contributed by atoms with van der Waals surface area (Å²) in [6, 6.07) is 16.2. The smallest absolute Gasteiger partial charge is 0.264 e. The van der Waals surface area contributed by atoms with Gasteiger partial charge in [-0.2, -0.15) is 0 Å². The molecule has 0 spiro atoms. The van der Waals surface area contributed by atoms with E-state index >= 15 is 0 Å². The van der Waals surface area contributed by atoms with Gasteiger partial charge >= 0.3 is 0 Å². The van der Waals surface area contributed by atoms with Gasteiger partial charge in [-0.3, -0.25) is 4.31 Å².